The number of alkyl halides is 3. The third-order valence-electron chi connectivity index (χ3n) is 8.61. The van der Waals surface area contributed by atoms with Gasteiger partial charge in [-0.25, -0.2) is 9.37 Å². The summed E-state index contributed by atoms with van der Waals surface area (Å²) >= 11 is 0. The highest BCUT2D eigenvalue weighted by atomic mass is 19.4. The number of rotatable bonds is 5. The molecule has 0 spiro atoms. The Labute approximate surface area is 259 Å². The van der Waals surface area contributed by atoms with E-state index < -0.39 is 34.6 Å². The van der Waals surface area contributed by atoms with Gasteiger partial charge in [0.05, 0.1) is 34.7 Å². The number of carbonyl (C=O) groups is 1. The van der Waals surface area contributed by atoms with Crippen LogP contribution < -0.4 is 20.7 Å². The summed E-state index contributed by atoms with van der Waals surface area (Å²) in [6, 6.07) is 6.83. The van der Waals surface area contributed by atoms with E-state index in [1.165, 1.54) is 19.2 Å². The van der Waals surface area contributed by atoms with Crippen LogP contribution in [0.4, 0.5) is 34.8 Å². The second kappa shape index (κ2) is 12.4. The molecule has 9 nitrogen and oxygen atoms in total. The van der Waals surface area contributed by atoms with Crippen molar-refractivity contribution in [1.29, 1.82) is 0 Å². The highest BCUT2D eigenvalue weighted by Gasteiger charge is 2.37. The summed E-state index contributed by atoms with van der Waals surface area (Å²) in [6.45, 7) is 10.3. The molecule has 2 fully saturated rings. The summed E-state index contributed by atoms with van der Waals surface area (Å²) in [5.41, 5.74) is -1.92. The van der Waals surface area contributed by atoms with Crippen LogP contribution in [0.2, 0.25) is 0 Å². The van der Waals surface area contributed by atoms with E-state index in [-0.39, 0.29) is 35.5 Å². The maximum atomic E-state index is 15.9. The van der Waals surface area contributed by atoms with Gasteiger partial charge in [-0.1, -0.05) is 0 Å². The van der Waals surface area contributed by atoms with Gasteiger partial charge in [0, 0.05) is 74.9 Å². The maximum Gasteiger partial charge on any atom is 0.417 e. The van der Waals surface area contributed by atoms with Gasteiger partial charge in [-0.05, 0) is 59.0 Å². The van der Waals surface area contributed by atoms with Gasteiger partial charge in [0.1, 0.15) is 11.6 Å². The number of anilines is 3. The average molecular weight is 631 g/mol. The lowest BCUT2D eigenvalue weighted by molar-refractivity contribution is -0.138. The van der Waals surface area contributed by atoms with Crippen LogP contribution in [0.15, 0.2) is 47.5 Å². The molecular formula is C32H38F4N6O3. The van der Waals surface area contributed by atoms with Crippen molar-refractivity contribution < 1.29 is 27.1 Å². The summed E-state index contributed by atoms with van der Waals surface area (Å²) < 4.78 is 64.3. The van der Waals surface area contributed by atoms with E-state index in [0.717, 1.165) is 10.8 Å². The summed E-state index contributed by atoms with van der Waals surface area (Å²) in [6.07, 6.45) is -2.49. The first kappa shape index (κ1) is 32.4. The van der Waals surface area contributed by atoms with E-state index in [2.05, 4.69) is 20.1 Å². The Morgan fingerprint density at radius 2 is 1.60 bits per heavy atom. The van der Waals surface area contributed by atoms with Crippen LogP contribution in [-0.2, 0) is 18.0 Å². The number of nitrogens with one attached hydrogen (secondary N) is 1. The number of hydrogen-bond donors (Lipinski definition) is 1. The SMILES string of the molecule is C[C@@H]1CN(c2ccc(-c3cc(NC(=O)c4cn(C)c(=O)cc4C(F)(F)F)c(N4C[C@@H](C)N(C)[C@@H](C)C4)cc3F)cn2)C[C@H](C)O1. The Bertz CT molecular complexity index is 1600. The van der Waals surface area contributed by atoms with Crippen LogP contribution >= 0.6 is 0 Å². The van der Waals surface area contributed by atoms with E-state index in [9.17, 15) is 22.8 Å². The van der Waals surface area contributed by atoms with E-state index >= 15 is 4.39 Å². The first-order valence-corrected chi connectivity index (χ1v) is 14.9. The summed E-state index contributed by atoms with van der Waals surface area (Å²) in [7, 11) is 3.26. The van der Waals surface area contributed by atoms with Crippen LogP contribution in [0.25, 0.3) is 11.1 Å². The minimum atomic E-state index is -4.94. The Morgan fingerprint density at radius 3 is 2.18 bits per heavy atom. The third kappa shape index (κ3) is 6.84. The number of amides is 1. The van der Waals surface area contributed by atoms with Gasteiger partial charge in [0.2, 0.25) is 0 Å². The number of aryl methyl sites for hydroxylation is 1. The average Bonchev–Trinajstić information content (AvgIpc) is 2.96. The zero-order chi connectivity index (χ0) is 32.8. The topological polar surface area (TPSA) is 82.9 Å². The molecule has 0 bridgehead atoms. The number of piperazine rings is 1. The predicted molar refractivity (Wildman–Crippen MR) is 165 cm³/mol. The molecule has 2 saturated heterocycles. The lowest BCUT2D eigenvalue weighted by atomic mass is 10.0. The fourth-order valence-corrected chi connectivity index (χ4v) is 6.08. The van der Waals surface area contributed by atoms with Crippen LogP contribution in [0.5, 0.6) is 0 Å². The van der Waals surface area contributed by atoms with Crippen molar-refractivity contribution in [3.05, 3.63) is 70.0 Å². The van der Waals surface area contributed by atoms with E-state index in [1.54, 1.807) is 18.3 Å². The minimum Gasteiger partial charge on any atom is -0.372 e. The number of nitrogens with zero attached hydrogens (tertiary/aromatic N) is 5. The zero-order valence-electron chi connectivity index (χ0n) is 26.2. The van der Waals surface area contributed by atoms with Crippen molar-refractivity contribution in [3.63, 3.8) is 0 Å². The first-order valence-electron chi connectivity index (χ1n) is 14.9. The quantitative estimate of drug-likeness (QED) is 0.398. The Morgan fingerprint density at radius 1 is 0.956 bits per heavy atom. The number of halogens is 4. The second-order valence-electron chi connectivity index (χ2n) is 12.2. The molecule has 2 aliphatic rings. The molecule has 3 aromatic rings. The molecule has 5 rings (SSSR count). The van der Waals surface area contributed by atoms with Crippen LogP contribution in [0, 0.1) is 5.82 Å². The van der Waals surface area contributed by atoms with Gasteiger partial charge < -0.3 is 24.4 Å². The molecule has 0 aliphatic carbocycles. The fraction of sp³-hybridized carbons (Fsp3) is 0.469. The third-order valence-corrected chi connectivity index (χ3v) is 8.61. The number of carbonyl (C=O) groups excluding carboxylic acids is 1. The van der Waals surface area contributed by atoms with Crippen LogP contribution in [0.3, 0.4) is 0 Å². The monoisotopic (exact) mass is 630 g/mol. The molecule has 0 radical (unpaired) electrons. The summed E-state index contributed by atoms with van der Waals surface area (Å²) in [4.78, 5) is 36.3. The normalized spacial score (nSPS) is 22.9. The number of aromatic nitrogens is 2. The van der Waals surface area contributed by atoms with Gasteiger partial charge in [0.25, 0.3) is 11.5 Å². The maximum absolute atomic E-state index is 15.9. The van der Waals surface area contributed by atoms with Crippen LogP contribution in [0.1, 0.15) is 43.6 Å². The molecule has 2 aromatic heterocycles. The molecule has 13 heteroatoms. The Hall–Kier alpha value is -3.97. The Kier molecular flexibility index (Phi) is 8.96. The van der Waals surface area contributed by atoms with Crippen molar-refractivity contribution in [3.8, 4) is 11.1 Å². The molecule has 1 N–H and O–H groups in total. The highest BCUT2D eigenvalue weighted by molar-refractivity contribution is 6.07. The number of hydrogen-bond acceptors (Lipinski definition) is 7. The number of ether oxygens (including phenoxy) is 1. The van der Waals surface area contributed by atoms with Crippen LogP contribution in [-0.4, -0.2) is 77.9 Å². The lowest BCUT2D eigenvalue weighted by Gasteiger charge is -2.44. The summed E-state index contributed by atoms with van der Waals surface area (Å²) in [5, 5.41) is 2.62. The van der Waals surface area contributed by atoms with Crippen molar-refractivity contribution >= 4 is 23.1 Å². The highest BCUT2D eigenvalue weighted by Crippen LogP contribution is 2.37. The fourth-order valence-electron chi connectivity index (χ4n) is 6.08. The molecule has 2 aliphatic heterocycles. The number of pyridine rings is 2. The number of likely N-dealkylation sites (N-methyl/N-ethyl adjacent to an activating group) is 1. The van der Waals surface area contributed by atoms with Gasteiger partial charge >= 0.3 is 6.18 Å². The number of benzene rings is 1. The van der Waals surface area contributed by atoms with Gasteiger partial charge in [-0.15, -0.1) is 0 Å². The Balaban J connectivity index is 1.55. The van der Waals surface area contributed by atoms with Gasteiger partial charge in [-0.2, -0.15) is 13.2 Å². The first-order chi connectivity index (χ1) is 21.1. The zero-order valence-corrected chi connectivity index (χ0v) is 26.2. The molecule has 45 heavy (non-hydrogen) atoms. The van der Waals surface area contributed by atoms with Crippen molar-refractivity contribution in [2.75, 3.05) is 48.3 Å². The predicted octanol–water partition coefficient (Wildman–Crippen LogP) is 5.00. The van der Waals surface area contributed by atoms with Crippen molar-refractivity contribution in [2.24, 2.45) is 7.05 Å². The molecule has 0 saturated carbocycles. The van der Waals surface area contributed by atoms with Gasteiger partial charge in [0.15, 0.2) is 0 Å². The molecule has 1 aromatic carbocycles. The molecule has 1 amide bonds. The molecule has 4 heterocycles. The van der Waals surface area contributed by atoms with E-state index in [4.69, 9.17) is 4.74 Å². The minimum absolute atomic E-state index is 0.0243. The second-order valence-corrected chi connectivity index (χ2v) is 12.2. The largest absolute Gasteiger partial charge is 0.417 e. The summed E-state index contributed by atoms with van der Waals surface area (Å²) in [5.74, 6) is -0.930. The molecular weight excluding hydrogens is 592 g/mol. The van der Waals surface area contributed by atoms with Gasteiger partial charge in [-0.3, -0.25) is 14.5 Å². The van der Waals surface area contributed by atoms with E-state index in [0.29, 0.717) is 49.3 Å². The smallest absolute Gasteiger partial charge is 0.372 e. The molecule has 242 valence electrons. The number of morpholine rings is 1. The molecule has 0 unspecified atom stereocenters. The molecule has 4 atom stereocenters. The lowest BCUT2D eigenvalue weighted by Crippen LogP contribution is -2.55. The van der Waals surface area contributed by atoms with Crippen molar-refractivity contribution in [2.45, 2.75) is 58.2 Å². The van der Waals surface area contributed by atoms with E-state index in [1.807, 2.05) is 39.6 Å². The van der Waals surface area contributed by atoms with Crippen molar-refractivity contribution in [1.82, 2.24) is 14.5 Å². The standard InChI is InChI=1S/C32H38F4N6O3/c1-18-13-41(14-19(2)40(18)6)28-11-26(33)23(22-7-8-29(37-12-22)42-15-20(3)45-21(4)16-42)9-27(28)38-31(44)24-17-39(5)30(43)10-25(24)32(34,35)36/h7-12,17-21H,13-16H2,1-6H3,(H,38,44)/t18-,19+,20-,21+.